The van der Waals surface area contributed by atoms with Crippen LogP contribution in [-0.2, 0) is 15.9 Å². The zero-order chi connectivity index (χ0) is 19.8. The number of hydrogen-bond acceptors (Lipinski definition) is 5. The van der Waals surface area contributed by atoms with E-state index < -0.39 is 18.3 Å². The molecule has 142 valence electrons. The van der Waals surface area contributed by atoms with E-state index in [0.717, 1.165) is 16.6 Å². The van der Waals surface area contributed by atoms with Crippen molar-refractivity contribution < 1.29 is 23.9 Å². The molecule has 1 aliphatic rings. The van der Waals surface area contributed by atoms with E-state index in [4.69, 9.17) is 14.0 Å². The highest BCUT2D eigenvalue weighted by atomic mass is 16.7. The second kappa shape index (κ2) is 7.02. The summed E-state index contributed by atoms with van der Waals surface area (Å²) in [7, 11) is -0.425. The normalized spacial score (nSPS) is 17.7. The first-order valence-electron chi connectivity index (χ1n) is 8.99. The molecular weight excluding hydrogens is 343 g/mol. The first-order chi connectivity index (χ1) is 12.6. The molecule has 1 heterocycles. The molecule has 0 aromatic heterocycles. The van der Waals surface area contributed by atoms with Crippen molar-refractivity contribution in [1.29, 1.82) is 0 Å². The van der Waals surface area contributed by atoms with E-state index in [0.29, 0.717) is 18.6 Å². The lowest BCUT2D eigenvalue weighted by molar-refractivity contribution is 0.00578. The Labute approximate surface area is 160 Å². The fourth-order valence-electron chi connectivity index (χ4n) is 2.96. The lowest BCUT2D eigenvalue weighted by atomic mass is 9.75. The second-order valence-electron chi connectivity index (χ2n) is 7.85. The summed E-state index contributed by atoms with van der Waals surface area (Å²) in [4.78, 5) is 10.8. The molecule has 0 bridgehead atoms. The maximum atomic E-state index is 10.8. The van der Waals surface area contributed by atoms with Gasteiger partial charge in [-0.3, -0.25) is 4.79 Å². The van der Waals surface area contributed by atoms with Gasteiger partial charge < -0.3 is 19.2 Å². The van der Waals surface area contributed by atoms with Gasteiger partial charge in [-0.2, -0.15) is 0 Å². The third-order valence-electron chi connectivity index (χ3n) is 5.52. The Morgan fingerprint density at radius 3 is 2.37 bits per heavy atom. The van der Waals surface area contributed by atoms with E-state index in [1.807, 2.05) is 52.8 Å². The van der Waals surface area contributed by atoms with Gasteiger partial charge in [-0.15, -0.1) is 0 Å². The second-order valence-corrected chi connectivity index (χ2v) is 7.85. The molecule has 1 N–H and O–H groups in total. The first kappa shape index (κ1) is 19.5. The van der Waals surface area contributed by atoms with Crippen LogP contribution < -0.4 is 10.2 Å². The largest absolute Gasteiger partial charge is 0.507 e. The number of benzene rings is 2. The fourth-order valence-corrected chi connectivity index (χ4v) is 2.96. The summed E-state index contributed by atoms with van der Waals surface area (Å²) in [5.74, 6) is 0.406. The van der Waals surface area contributed by atoms with E-state index in [2.05, 4.69) is 0 Å². The highest BCUT2D eigenvalue weighted by molar-refractivity contribution is 6.62. The molecule has 1 saturated heterocycles. The standard InChI is InChI=1S/C21H25BO5/c1-14-16(13-25-17-10-9-15(12-23)19(24)11-17)7-6-8-18(14)22-26-20(2,3)21(4,5)27-22/h6-12,24H,13H2,1-5H3. The van der Waals surface area contributed by atoms with E-state index in [9.17, 15) is 9.90 Å². The minimum atomic E-state index is -0.425. The molecule has 0 radical (unpaired) electrons. The molecule has 1 aliphatic heterocycles. The maximum absolute atomic E-state index is 10.8. The van der Waals surface area contributed by atoms with Crippen LogP contribution in [0.2, 0.25) is 0 Å². The number of ether oxygens (including phenoxy) is 1. The fraction of sp³-hybridized carbons (Fsp3) is 0.381. The van der Waals surface area contributed by atoms with E-state index in [-0.39, 0.29) is 11.3 Å². The summed E-state index contributed by atoms with van der Waals surface area (Å²) in [5, 5.41) is 9.78. The third kappa shape index (κ3) is 3.73. The van der Waals surface area contributed by atoms with E-state index >= 15 is 0 Å². The predicted octanol–water partition coefficient (Wildman–Crippen LogP) is 3.39. The molecule has 2 aromatic rings. The van der Waals surface area contributed by atoms with Crippen molar-refractivity contribution in [2.24, 2.45) is 0 Å². The molecular formula is C21H25BO5. The van der Waals surface area contributed by atoms with Crippen LogP contribution in [0.3, 0.4) is 0 Å². The van der Waals surface area contributed by atoms with Crippen molar-refractivity contribution in [3.8, 4) is 11.5 Å². The Hall–Kier alpha value is -2.31. The molecule has 0 saturated carbocycles. The van der Waals surface area contributed by atoms with Gasteiger partial charge in [-0.1, -0.05) is 18.2 Å². The average Bonchev–Trinajstić information content (AvgIpc) is 2.81. The monoisotopic (exact) mass is 368 g/mol. The summed E-state index contributed by atoms with van der Waals surface area (Å²) in [6.07, 6.45) is 0.608. The Kier molecular flexibility index (Phi) is 5.06. The van der Waals surface area contributed by atoms with Crippen LogP contribution >= 0.6 is 0 Å². The lowest BCUT2D eigenvalue weighted by Gasteiger charge is -2.32. The Morgan fingerprint density at radius 2 is 1.78 bits per heavy atom. The van der Waals surface area contributed by atoms with Crippen LogP contribution in [0.4, 0.5) is 0 Å². The van der Waals surface area contributed by atoms with Crippen LogP contribution in [0.15, 0.2) is 36.4 Å². The zero-order valence-corrected chi connectivity index (χ0v) is 16.4. The summed E-state index contributed by atoms with van der Waals surface area (Å²) < 4.78 is 18.1. The Balaban J connectivity index is 1.78. The van der Waals surface area contributed by atoms with Gasteiger partial charge in [-0.25, -0.2) is 0 Å². The highest BCUT2D eigenvalue weighted by Crippen LogP contribution is 2.36. The summed E-state index contributed by atoms with van der Waals surface area (Å²) in [6, 6.07) is 10.6. The van der Waals surface area contributed by atoms with Gasteiger partial charge in [0.05, 0.1) is 16.8 Å². The third-order valence-corrected chi connectivity index (χ3v) is 5.52. The zero-order valence-electron chi connectivity index (χ0n) is 16.4. The van der Waals surface area contributed by atoms with Crippen LogP contribution in [0.1, 0.15) is 49.2 Å². The van der Waals surface area contributed by atoms with Gasteiger partial charge in [0.15, 0.2) is 6.29 Å². The molecule has 0 aliphatic carbocycles. The first-order valence-corrected chi connectivity index (χ1v) is 8.99. The average molecular weight is 368 g/mol. The number of phenols is 1. The quantitative estimate of drug-likeness (QED) is 0.647. The van der Waals surface area contributed by atoms with Crippen LogP contribution in [0, 0.1) is 6.92 Å². The maximum Gasteiger partial charge on any atom is 0.495 e. The number of carbonyl (C=O) groups excluding carboxylic acids is 1. The predicted molar refractivity (Wildman–Crippen MR) is 105 cm³/mol. The van der Waals surface area contributed by atoms with Crippen LogP contribution in [0.25, 0.3) is 0 Å². The molecule has 0 unspecified atom stereocenters. The van der Waals surface area contributed by atoms with Crippen molar-refractivity contribution in [2.75, 3.05) is 0 Å². The number of aromatic hydroxyl groups is 1. The summed E-state index contributed by atoms with van der Waals surface area (Å²) >= 11 is 0. The minimum absolute atomic E-state index is 0.0924. The molecule has 27 heavy (non-hydrogen) atoms. The van der Waals surface area contributed by atoms with Gasteiger partial charge in [0.2, 0.25) is 0 Å². The van der Waals surface area contributed by atoms with Gasteiger partial charge in [0.25, 0.3) is 0 Å². The number of rotatable bonds is 5. The van der Waals surface area contributed by atoms with Gasteiger partial charge in [-0.05, 0) is 63.3 Å². The number of aldehydes is 1. The molecule has 0 atom stereocenters. The molecule has 1 fully saturated rings. The number of carbonyl (C=O) groups is 1. The van der Waals surface area contributed by atoms with Crippen molar-refractivity contribution in [3.63, 3.8) is 0 Å². The van der Waals surface area contributed by atoms with Gasteiger partial charge in [0, 0.05) is 6.07 Å². The van der Waals surface area contributed by atoms with Crippen LogP contribution in [0.5, 0.6) is 11.5 Å². The Bertz CT molecular complexity index is 844. The number of hydrogen-bond donors (Lipinski definition) is 1. The Morgan fingerprint density at radius 1 is 1.11 bits per heavy atom. The molecule has 2 aromatic carbocycles. The molecule has 5 nitrogen and oxygen atoms in total. The molecule has 3 rings (SSSR count). The molecule has 6 heteroatoms. The van der Waals surface area contributed by atoms with Gasteiger partial charge >= 0.3 is 7.12 Å². The van der Waals surface area contributed by atoms with Crippen molar-refractivity contribution in [2.45, 2.75) is 52.4 Å². The van der Waals surface area contributed by atoms with Gasteiger partial charge in [0.1, 0.15) is 18.1 Å². The van der Waals surface area contributed by atoms with Crippen molar-refractivity contribution in [1.82, 2.24) is 0 Å². The van der Waals surface area contributed by atoms with Crippen LogP contribution in [-0.4, -0.2) is 29.7 Å². The minimum Gasteiger partial charge on any atom is -0.507 e. The highest BCUT2D eigenvalue weighted by Gasteiger charge is 2.52. The molecule has 0 spiro atoms. The van der Waals surface area contributed by atoms with E-state index in [1.54, 1.807) is 6.07 Å². The van der Waals surface area contributed by atoms with Crippen molar-refractivity contribution in [3.05, 3.63) is 53.1 Å². The van der Waals surface area contributed by atoms with E-state index in [1.165, 1.54) is 12.1 Å². The summed E-state index contributed by atoms with van der Waals surface area (Å²) in [5.41, 5.74) is 2.48. The summed E-state index contributed by atoms with van der Waals surface area (Å²) in [6.45, 7) is 10.5. The lowest BCUT2D eigenvalue weighted by Crippen LogP contribution is -2.41. The number of phenolic OH excluding ortho intramolecular Hbond substituents is 1. The SMILES string of the molecule is Cc1c(COc2ccc(C=O)c(O)c2)cccc1B1OC(C)(C)C(C)(C)O1. The topological polar surface area (TPSA) is 65.0 Å². The smallest absolute Gasteiger partial charge is 0.495 e. The molecule has 0 amide bonds. The van der Waals surface area contributed by atoms with Crippen molar-refractivity contribution >= 4 is 18.9 Å².